The van der Waals surface area contributed by atoms with Gasteiger partial charge < -0.3 is 19.5 Å². The van der Waals surface area contributed by atoms with E-state index in [9.17, 15) is 14.7 Å². The van der Waals surface area contributed by atoms with E-state index in [1.54, 1.807) is 80.2 Å². The molecule has 1 amide bonds. The number of rotatable bonds is 8. The van der Waals surface area contributed by atoms with Crippen LogP contribution in [0.25, 0.3) is 5.76 Å². The highest BCUT2D eigenvalue weighted by atomic mass is 16.5. The Kier molecular flexibility index (Phi) is 6.73. The molecule has 1 aromatic heterocycles. The van der Waals surface area contributed by atoms with Crippen molar-refractivity contribution in [2.45, 2.75) is 12.6 Å². The van der Waals surface area contributed by atoms with Gasteiger partial charge >= 0.3 is 0 Å². The average molecular weight is 456 g/mol. The zero-order chi connectivity index (χ0) is 24.1. The third-order valence-electron chi connectivity index (χ3n) is 5.54. The Morgan fingerprint density at radius 1 is 1.09 bits per heavy atom. The molecule has 1 saturated heterocycles. The zero-order valence-electron chi connectivity index (χ0n) is 18.7. The van der Waals surface area contributed by atoms with Gasteiger partial charge in [0, 0.05) is 24.5 Å². The van der Waals surface area contributed by atoms with Crippen molar-refractivity contribution in [1.82, 2.24) is 9.88 Å². The number of ether oxygens (including phenoxy) is 2. The fourth-order valence-corrected chi connectivity index (χ4v) is 3.88. The molecule has 0 radical (unpaired) electrons. The van der Waals surface area contributed by atoms with Gasteiger partial charge in [0.2, 0.25) is 0 Å². The topological polar surface area (TPSA) is 89.0 Å². The number of aliphatic hydroxyl groups excluding tert-OH is 1. The van der Waals surface area contributed by atoms with Gasteiger partial charge in [-0.2, -0.15) is 0 Å². The van der Waals surface area contributed by atoms with Crippen LogP contribution in [0.5, 0.6) is 11.5 Å². The molecule has 2 aromatic carbocycles. The monoisotopic (exact) mass is 456 g/mol. The molecule has 1 aliphatic heterocycles. The van der Waals surface area contributed by atoms with E-state index in [0.29, 0.717) is 29.2 Å². The molecule has 3 aromatic rings. The summed E-state index contributed by atoms with van der Waals surface area (Å²) in [6.07, 6.45) is 4.93. The van der Waals surface area contributed by atoms with Crippen LogP contribution >= 0.6 is 0 Å². The Morgan fingerprint density at radius 3 is 2.41 bits per heavy atom. The number of ketones is 1. The number of methoxy groups -OCH3 is 1. The first-order chi connectivity index (χ1) is 16.5. The minimum absolute atomic E-state index is 0.0267. The van der Waals surface area contributed by atoms with Gasteiger partial charge in [-0.25, -0.2) is 0 Å². The van der Waals surface area contributed by atoms with Crippen LogP contribution in [0.1, 0.15) is 22.7 Å². The molecule has 7 nitrogen and oxygen atoms in total. The lowest BCUT2D eigenvalue weighted by Gasteiger charge is -2.25. The van der Waals surface area contributed by atoms with Gasteiger partial charge in [0.1, 0.15) is 23.9 Å². The molecule has 0 saturated carbocycles. The summed E-state index contributed by atoms with van der Waals surface area (Å²) in [6.45, 7) is 4.16. The Bertz CT molecular complexity index is 1220. The van der Waals surface area contributed by atoms with E-state index < -0.39 is 17.7 Å². The van der Waals surface area contributed by atoms with Gasteiger partial charge in [-0.05, 0) is 53.6 Å². The molecular weight excluding hydrogens is 432 g/mol. The van der Waals surface area contributed by atoms with Crippen LogP contribution in [-0.2, 0) is 16.1 Å². The van der Waals surface area contributed by atoms with Crippen LogP contribution in [0.3, 0.4) is 0 Å². The van der Waals surface area contributed by atoms with Crippen LogP contribution in [0.4, 0.5) is 0 Å². The van der Waals surface area contributed by atoms with Crippen molar-refractivity contribution in [2.75, 3.05) is 13.7 Å². The van der Waals surface area contributed by atoms with Gasteiger partial charge in [-0.3, -0.25) is 14.6 Å². The number of aliphatic hydroxyl groups is 1. The molecule has 7 heteroatoms. The maximum absolute atomic E-state index is 13.2. The van der Waals surface area contributed by atoms with Gasteiger partial charge in [0.05, 0.1) is 18.7 Å². The van der Waals surface area contributed by atoms with Crippen LogP contribution < -0.4 is 9.47 Å². The van der Waals surface area contributed by atoms with E-state index in [0.717, 1.165) is 5.56 Å². The summed E-state index contributed by atoms with van der Waals surface area (Å²) in [5.41, 5.74) is 1.88. The number of hydrogen-bond acceptors (Lipinski definition) is 6. The Hall–Kier alpha value is -4.39. The molecule has 0 aliphatic carbocycles. The SMILES string of the molecule is C=CCOc1ccc([C@H]2C(=C(O)c3ccc(OC)cc3)C(=O)C(=O)N2Cc2cccnc2)cc1. The van der Waals surface area contributed by atoms with Gasteiger partial charge in [0.15, 0.2) is 0 Å². The molecule has 0 bridgehead atoms. The number of likely N-dealkylation sites (tertiary alicyclic amines) is 1. The molecule has 1 aliphatic rings. The van der Waals surface area contributed by atoms with Gasteiger partial charge in [-0.15, -0.1) is 0 Å². The molecule has 1 fully saturated rings. The zero-order valence-corrected chi connectivity index (χ0v) is 18.7. The summed E-state index contributed by atoms with van der Waals surface area (Å²) >= 11 is 0. The quantitative estimate of drug-likeness (QED) is 0.236. The minimum atomic E-state index is -0.782. The van der Waals surface area contributed by atoms with E-state index in [1.165, 1.54) is 4.90 Å². The second-order valence-corrected chi connectivity index (χ2v) is 7.69. The number of pyridine rings is 1. The van der Waals surface area contributed by atoms with Crippen LogP contribution in [-0.4, -0.2) is 40.4 Å². The number of benzene rings is 2. The van der Waals surface area contributed by atoms with E-state index in [1.807, 2.05) is 6.07 Å². The molecule has 0 spiro atoms. The van der Waals surface area contributed by atoms with Crippen molar-refractivity contribution in [2.24, 2.45) is 0 Å². The number of carbonyl (C=O) groups excluding carboxylic acids is 2. The minimum Gasteiger partial charge on any atom is -0.507 e. The third-order valence-corrected chi connectivity index (χ3v) is 5.54. The highest BCUT2D eigenvalue weighted by Gasteiger charge is 2.46. The van der Waals surface area contributed by atoms with Crippen LogP contribution in [0, 0.1) is 0 Å². The van der Waals surface area contributed by atoms with Crippen molar-refractivity contribution in [3.05, 3.63) is 108 Å². The molecule has 34 heavy (non-hydrogen) atoms. The van der Waals surface area contributed by atoms with E-state index >= 15 is 0 Å². The van der Waals surface area contributed by atoms with E-state index in [2.05, 4.69) is 11.6 Å². The van der Waals surface area contributed by atoms with E-state index in [4.69, 9.17) is 9.47 Å². The lowest BCUT2D eigenvalue weighted by molar-refractivity contribution is -0.140. The summed E-state index contributed by atoms with van der Waals surface area (Å²) in [6, 6.07) is 16.6. The molecule has 172 valence electrons. The van der Waals surface area contributed by atoms with Gasteiger partial charge in [-0.1, -0.05) is 30.9 Å². The van der Waals surface area contributed by atoms with Crippen LogP contribution in [0.15, 0.2) is 91.3 Å². The first-order valence-electron chi connectivity index (χ1n) is 10.7. The van der Waals surface area contributed by atoms with Gasteiger partial charge in [0.25, 0.3) is 11.7 Å². The molecule has 4 rings (SSSR count). The number of Topliss-reactive ketones (excluding diaryl/α,β-unsaturated/α-hetero) is 1. The summed E-state index contributed by atoms with van der Waals surface area (Å²) in [5.74, 6) is -0.431. The van der Waals surface area contributed by atoms with Crippen molar-refractivity contribution < 1.29 is 24.2 Å². The first-order valence-corrected chi connectivity index (χ1v) is 10.7. The lowest BCUT2D eigenvalue weighted by Crippen LogP contribution is -2.29. The van der Waals surface area contributed by atoms with Crippen molar-refractivity contribution >= 4 is 17.4 Å². The van der Waals surface area contributed by atoms with E-state index in [-0.39, 0.29) is 17.9 Å². The second kappa shape index (κ2) is 10.0. The average Bonchev–Trinajstić information content (AvgIpc) is 3.13. The first kappa shape index (κ1) is 22.8. The van der Waals surface area contributed by atoms with Crippen molar-refractivity contribution in [3.63, 3.8) is 0 Å². The highest BCUT2D eigenvalue weighted by Crippen LogP contribution is 2.40. The Labute approximate surface area is 197 Å². The highest BCUT2D eigenvalue weighted by molar-refractivity contribution is 6.46. The number of hydrogen-bond donors (Lipinski definition) is 1. The Balaban J connectivity index is 1.80. The fourth-order valence-electron chi connectivity index (χ4n) is 3.88. The predicted molar refractivity (Wildman–Crippen MR) is 127 cm³/mol. The van der Waals surface area contributed by atoms with Crippen molar-refractivity contribution in [3.8, 4) is 11.5 Å². The number of carbonyl (C=O) groups is 2. The standard InChI is InChI=1S/C27H24N2O5/c1-3-15-34-22-12-6-19(7-13-22)24-23(25(30)20-8-10-21(33-2)11-9-20)26(31)27(32)29(24)17-18-5-4-14-28-16-18/h3-14,16,24,30H,1,15,17H2,2H3/t24-/m0/s1. The smallest absolute Gasteiger partial charge is 0.295 e. The molecule has 1 N–H and O–H groups in total. The largest absolute Gasteiger partial charge is 0.507 e. The molecule has 2 heterocycles. The van der Waals surface area contributed by atoms with Crippen LogP contribution in [0.2, 0.25) is 0 Å². The summed E-state index contributed by atoms with van der Waals surface area (Å²) in [7, 11) is 1.54. The normalized spacial score (nSPS) is 17.0. The number of aromatic nitrogens is 1. The lowest BCUT2D eigenvalue weighted by atomic mass is 9.95. The Morgan fingerprint density at radius 2 is 1.79 bits per heavy atom. The fraction of sp³-hybridized carbons (Fsp3) is 0.148. The maximum atomic E-state index is 13.2. The molecular formula is C27H24N2O5. The third kappa shape index (κ3) is 4.54. The summed E-state index contributed by atoms with van der Waals surface area (Å²) in [4.78, 5) is 31.8. The molecule has 1 atom stereocenters. The summed E-state index contributed by atoms with van der Waals surface area (Å²) in [5, 5.41) is 11.1. The van der Waals surface area contributed by atoms with Crippen molar-refractivity contribution in [1.29, 1.82) is 0 Å². The predicted octanol–water partition coefficient (Wildman–Crippen LogP) is 4.28. The maximum Gasteiger partial charge on any atom is 0.295 e. The molecule has 0 unspecified atom stereocenters. The number of nitrogens with zero attached hydrogens (tertiary/aromatic N) is 2. The second-order valence-electron chi connectivity index (χ2n) is 7.69. The number of amides is 1. The summed E-state index contributed by atoms with van der Waals surface area (Å²) < 4.78 is 10.7.